The van der Waals surface area contributed by atoms with Gasteiger partial charge in [0.25, 0.3) is 0 Å². The molecule has 3 heteroatoms. The zero-order valence-electron chi connectivity index (χ0n) is 9.38. The molecule has 1 aliphatic carbocycles. The lowest BCUT2D eigenvalue weighted by Crippen LogP contribution is -2.37. The van der Waals surface area contributed by atoms with Gasteiger partial charge in [-0.15, -0.1) is 0 Å². The molecule has 1 fully saturated rings. The molecular formula is C12H18O3. The summed E-state index contributed by atoms with van der Waals surface area (Å²) in [6, 6.07) is 0. The highest BCUT2D eigenvalue weighted by Gasteiger charge is 2.34. The minimum absolute atomic E-state index is 0.133. The number of esters is 1. The number of carbonyl (C=O) groups excluding carboxylic acids is 1. The van der Waals surface area contributed by atoms with Gasteiger partial charge in [-0.05, 0) is 32.1 Å². The van der Waals surface area contributed by atoms with Crippen LogP contribution in [0.4, 0.5) is 0 Å². The summed E-state index contributed by atoms with van der Waals surface area (Å²) in [7, 11) is 0. The van der Waals surface area contributed by atoms with E-state index < -0.39 is 11.6 Å². The Morgan fingerprint density at radius 3 is 2.93 bits per heavy atom. The Morgan fingerprint density at radius 2 is 2.33 bits per heavy atom. The molecule has 1 aliphatic rings. The Kier molecular flexibility index (Phi) is 4.16. The molecule has 0 amide bonds. The second kappa shape index (κ2) is 5.18. The van der Waals surface area contributed by atoms with Crippen molar-refractivity contribution in [3.05, 3.63) is 0 Å². The molecule has 0 heterocycles. The molecule has 1 rings (SSSR count). The second-order valence-electron chi connectivity index (χ2n) is 4.04. The third-order valence-corrected chi connectivity index (χ3v) is 2.92. The van der Waals surface area contributed by atoms with Crippen LogP contribution in [0.2, 0.25) is 0 Å². The first kappa shape index (κ1) is 12.1. The van der Waals surface area contributed by atoms with Gasteiger partial charge in [-0.3, -0.25) is 0 Å². The predicted octanol–water partition coefficient (Wildman–Crippen LogP) is 1.49. The van der Waals surface area contributed by atoms with Crippen molar-refractivity contribution in [2.45, 2.75) is 45.1 Å². The van der Waals surface area contributed by atoms with Crippen LogP contribution >= 0.6 is 0 Å². The minimum Gasteiger partial charge on any atom is -0.456 e. The number of hydrogen-bond donors (Lipinski definition) is 1. The summed E-state index contributed by atoms with van der Waals surface area (Å²) in [5.41, 5.74) is -0.995. The number of carbonyl (C=O) groups is 1. The van der Waals surface area contributed by atoms with Gasteiger partial charge >= 0.3 is 5.97 Å². The molecule has 0 aromatic carbocycles. The van der Waals surface area contributed by atoms with E-state index in [9.17, 15) is 9.90 Å². The molecule has 0 radical (unpaired) electrons. The summed E-state index contributed by atoms with van der Waals surface area (Å²) in [6.07, 6.45) is 3.72. The largest absolute Gasteiger partial charge is 0.456 e. The van der Waals surface area contributed by atoms with Crippen molar-refractivity contribution >= 4 is 5.97 Å². The van der Waals surface area contributed by atoms with Crippen LogP contribution < -0.4 is 0 Å². The first-order chi connectivity index (χ1) is 7.08. The minimum atomic E-state index is -0.995. The fourth-order valence-corrected chi connectivity index (χ4v) is 1.84. The van der Waals surface area contributed by atoms with Gasteiger partial charge in [-0.1, -0.05) is 19.3 Å². The zero-order valence-corrected chi connectivity index (χ0v) is 9.38. The molecule has 0 bridgehead atoms. The molecule has 1 saturated carbocycles. The SMILES string of the molecule is CCOC(=O)C#CC1(O)CCCCC1C. The molecule has 3 nitrogen and oxygen atoms in total. The Hall–Kier alpha value is -1.01. The summed E-state index contributed by atoms with van der Waals surface area (Å²) >= 11 is 0. The van der Waals surface area contributed by atoms with Gasteiger partial charge < -0.3 is 9.84 Å². The fraction of sp³-hybridized carbons (Fsp3) is 0.750. The number of ether oxygens (including phenoxy) is 1. The van der Waals surface area contributed by atoms with Crippen molar-refractivity contribution < 1.29 is 14.6 Å². The van der Waals surface area contributed by atoms with Crippen LogP contribution in [0.5, 0.6) is 0 Å². The quantitative estimate of drug-likeness (QED) is 0.405. The molecule has 15 heavy (non-hydrogen) atoms. The lowest BCUT2D eigenvalue weighted by molar-refractivity contribution is -0.136. The lowest BCUT2D eigenvalue weighted by atomic mass is 9.77. The van der Waals surface area contributed by atoms with Crippen LogP contribution in [0.1, 0.15) is 39.5 Å². The third-order valence-electron chi connectivity index (χ3n) is 2.92. The molecule has 0 spiro atoms. The molecule has 0 aromatic heterocycles. The second-order valence-corrected chi connectivity index (χ2v) is 4.04. The van der Waals surface area contributed by atoms with Crippen molar-refractivity contribution in [3.8, 4) is 11.8 Å². The van der Waals surface area contributed by atoms with E-state index in [2.05, 4.69) is 16.6 Å². The highest BCUT2D eigenvalue weighted by atomic mass is 16.5. The summed E-state index contributed by atoms with van der Waals surface area (Å²) in [4.78, 5) is 11.0. The number of hydrogen-bond acceptors (Lipinski definition) is 3. The molecule has 84 valence electrons. The molecule has 0 aliphatic heterocycles. The van der Waals surface area contributed by atoms with Gasteiger partial charge in [-0.25, -0.2) is 4.79 Å². The standard InChI is InChI=1S/C12H18O3/c1-3-15-11(13)7-9-12(14)8-5-4-6-10(12)2/h10,14H,3-6,8H2,1-2H3. The van der Waals surface area contributed by atoms with Gasteiger partial charge in [0, 0.05) is 5.92 Å². The highest BCUT2D eigenvalue weighted by molar-refractivity contribution is 5.88. The van der Waals surface area contributed by atoms with Crippen molar-refractivity contribution in [2.24, 2.45) is 5.92 Å². The summed E-state index contributed by atoms with van der Waals surface area (Å²) < 4.78 is 4.69. The fourth-order valence-electron chi connectivity index (χ4n) is 1.84. The van der Waals surface area contributed by atoms with E-state index in [0.717, 1.165) is 19.3 Å². The molecule has 2 atom stereocenters. The normalized spacial score (nSPS) is 30.2. The Bertz CT molecular complexity index is 287. The van der Waals surface area contributed by atoms with Crippen LogP contribution in [-0.4, -0.2) is 23.3 Å². The van der Waals surface area contributed by atoms with Gasteiger partial charge in [-0.2, -0.15) is 0 Å². The average molecular weight is 210 g/mol. The van der Waals surface area contributed by atoms with Crippen molar-refractivity contribution in [2.75, 3.05) is 6.61 Å². The Balaban J connectivity index is 2.64. The van der Waals surface area contributed by atoms with E-state index in [1.807, 2.05) is 6.92 Å². The smallest absolute Gasteiger partial charge is 0.384 e. The first-order valence-electron chi connectivity index (χ1n) is 5.51. The van der Waals surface area contributed by atoms with Crippen LogP contribution in [0.25, 0.3) is 0 Å². The van der Waals surface area contributed by atoms with Crippen LogP contribution in [0.3, 0.4) is 0 Å². The monoisotopic (exact) mass is 210 g/mol. The van der Waals surface area contributed by atoms with E-state index in [1.54, 1.807) is 6.92 Å². The summed E-state index contributed by atoms with van der Waals surface area (Å²) in [6.45, 7) is 4.03. The summed E-state index contributed by atoms with van der Waals surface area (Å²) in [5, 5.41) is 10.2. The van der Waals surface area contributed by atoms with Gasteiger partial charge in [0.2, 0.25) is 0 Å². The van der Waals surface area contributed by atoms with Crippen molar-refractivity contribution in [3.63, 3.8) is 0 Å². The van der Waals surface area contributed by atoms with Gasteiger partial charge in [0.15, 0.2) is 0 Å². The lowest BCUT2D eigenvalue weighted by Gasteiger charge is -2.33. The van der Waals surface area contributed by atoms with Crippen LogP contribution in [0.15, 0.2) is 0 Å². The topological polar surface area (TPSA) is 46.5 Å². The predicted molar refractivity (Wildman–Crippen MR) is 57.0 cm³/mol. The number of rotatable bonds is 1. The maximum atomic E-state index is 11.0. The van der Waals surface area contributed by atoms with E-state index in [0.29, 0.717) is 13.0 Å². The average Bonchev–Trinajstić information content (AvgIpc) is 2.21. The van der Waals surface area contributed by atoms with E-state index in [-0.39, 0.29) is 5.92 Å². The molecular weight excluding hydrogens is 192 g/mol. The first-order valence-corrected chi connectivity index (χ1v) is 5.51. The van der Waals surface area contributed by atoms with Crippen LogP contribution in [0, 0.1) is 17.8 Å². The highest BCUT2D eigenvalue weighted by Crippen LogP contribution is 2.32. The van der Waals surface area contributed by atoms with Gasteiger partial charge in [0.05, 0.1) is 6.61 Å². The van der Waals surface area contributed by atoms with E-state index >= 15 is 0 Å². The van der Waals surface area contributed by atoms with Crippen LogP contribution in [-0.2, 0) is 9.53 Å². The Labute approximate surface area is 90.8 Å². The molecule has 1 N–H and O–H groups in total. The molecule has 2 unspecified atom stereocenters. The van der Waals surface area contributed by atoms with E-state index in [4.69, 9.17) is 0 Å². The van der Waals surface area contributed by atoms with Crippen molar-refractivity contribution in [1.82, 2.24) is 0 Å². The van der Waals surface area contributed by atoms with E-state index in [1.165, 1.54) is 0 Å². The maximum absolute atomic E-state index is 11.0. The third kappa shape index (κ3) is 3.24. The summed E-state index contributed by atoms with van der Waals surface area (Å²) in [5.74, 6) is 4.61. The van der Waals surface area contributed by atoms with Gasteiger partial charge in [0.1, 0.15) is 5.60 Å². The molecule has 0 saturated heterocycles. The zero-order chi connectivity index (χ0) is 11.3. The maximum Gasteiger partial charge on any atom is 0.384 e. The number of aliphatic hydroxyl groups is 1. The molecule has 0 aromatic rings. The van der Waals surface area contributed by atoms with Crippen molar-refractivity contribution in [1.29, 1.82) is 0 Å². The Morgan fingerprint density at radius 1 is 1.60 bits per heavy atom.